The minimum absolute atomic E-state index is 0.130. The van der Waals surface area contributed by atoms with E-state index in [1.165, 1.54) is 0 Å². The number of amides is 4. The molecule has 1 spiro atoms. The number of urea groups is 1. The van der Waals surface area contributed by atoms with E-state index in [4.69, 9.17) is 0 Å². The van der Waals surface area contributed by atoms with E-state index in [1.54, 1.807) is 11.3 Å². The monoisotopic (exact) mass is 361 g/mol. The largest absolute Gasteiger partial charge is 0.338 e. The summed E-state index contributed by atoms with van der Waals surface area (Å²) in [5, 5.41) is 4.88. The maximum atomic E-state index is 13.1. The number of carbonyl (C=O) groups is 3. The minimum atomic E-state index is -0.960. The van der Waals surface area contributed by atoms with E-state index >= 15 is 0 Å². The number of thiophene rings is 1. The molecule has 25 heavy (non-hydrogen) atoms. The number of nitrogens with one attached hydrogen (secondary N) is 1. The smallest absolute Gasteiger partial charge is 0.325 e. The Hall–Kier alpha value is -1.89. The lowest BCUT2D eigenvalue weighted by atomic mass is 9.80. The van der Waals surface area contributed by atoms with Gasteiger partial charge in [0.15, 0.2) is 0 Å². The molecule has 4 amide bonds. The number of hydrogen-bond donors (Lipinski definition) is 1. The number of carbonyl (C=O) groups excluding carboxylic acids is 3. The molecule has 1 N–H and O–H groups in total. The predicted molar refractivity (Wildman–Crippen MR) is 94.2 cm³/mol. The third kappa shape index (κ3) is 2.56. The lowest BCUT2D eigenvalue weighted by molar-refractivity contribution is -0.141. The lowest BCUT2D eigenvalue weighted by Gasteiger charge is -2.34. The van der Waals surface area contributed by atoms with Gasteiger partial charge in [-0.15, -0.1) is 11.3 Å². The molecule has 1 aliphatic carbocycles. The van der Waals surface area contributed by atoms with Crippen LogP contribution in [0.5, 0.6) is 0 Å². The van der Waals surface area contributed by atoms with Crippen molar-refractivity contribution < 1.29 is 14.4 Å². The van der Waals surface area contributed by atoms with Gasteiger partial charge in [-0.1, -0.05) is 0 Å². The fourth-order valence-corrected chi connectivity index (χ4v) is 5.38. The zero-order valence-electron chi connectivity index (χ0n) is 14.4. The maximum absolute atomic E-state index is 13.1. The fraction of sp³-hybridized carbons (Fsp3) is 0.611. The number of fused-ring (bicyclic) bond motifs is 2. The van der Waals surface area contributed by atoms with E-state index < -0.39 is 11.6 Å². The van der Waals surface area contributed by atoms with Crippen molar-refractivity contribution in [1.82, 2.24) is 15.1 Å². The second-order valence-corrected chi connectivity index (χ2v) is 8.27. The van der Waals surface area contributed by atoms with Crippen LogP contribution in [0.4, 0.5) is 4.79 Å². The number of piperidine rings is 1. The molecule has 2 atom stereocenters. The second kappa shape index (κ2) is 6.12. The van der Waals surface area contributed by atoms with Crippen LogP contribution in [0.2, 0.25) is 0 Å². The molecule has 2 saturated heterocycles. The van der Waals surface area contributed by atoms with Crippen LogP contribution in [0.15, 0.2) is 11.4 Å². The van der Waals surface area contributed by atoms with Gasteiger partial charge >= 0.3 is 6.03 Å². The van der Waals surface area contributed by atoms with Gasteiger partial charge in [0, 0.05) is 23.0 Å². The molecule has 134 valence electrons. The van der Waals surface area contributed by atoms with Gasteiger partial charge in [0.25, 0.3) is 5.91 Å². The first-order valence-electron chi connectivity index (χ1n) is 9.03. The summed E-state index contributed by atoms with van der Waals surface area (Å²) in [4.78, 5) is 42.4. The summed E-state index contributed by atoms with van der Waals surface area (Å²) in [5.41, 5.74) is -0.0401. The van der Waals surface area contributed by atoms with Crippen molar-refractivity contribution in [3.63, 3.8) is 0 Å². The van der Waals surface area contributed by atoms with Crippen molar-refractivity contribution in [1.29, 1.82) is 0 Å². The summed E-state index contributed by atoms with van der Waals surface area (Å²) in [6.07, 6.45) is 5.50. The Labute approximate surface area is 151 Å². The number of nitrogens with zero attached hydrogens (tertiary/aromatic N) is 2. The average Bonchev–Trinajstić information content (AvgIpc) is 3.16. The highest BCUT2D eigenvalue weighted by Crippen LogP contribution is 2.42. The van der Waals surface area contributed by atoms with E-state index in [0.29, 0.717) is 13.0 Å². The molecule has 2 unspecified atom stereocenters. The summed E-state index contributed by atoms with van der Waals surface area (Å²) >= 11 is 1.63. The van der Waals surface area contributed by atoms with E-state index in [2.05, 4.69) is 5.32 Å². The first kappa shape index (κ1) is 16.6. The van der Waals surface area contributed by atoms with Crippen molar-refractivity contribution >= 4 is 29.2 Å². The van der Waals surface area contributed by atoms with Crippen LogP contribution >= 0.6 is 11.3 Å². The molecule has 3 heterocycles. The predicted octanol–water partition coefficient (Wildman–Crippen LogP) is 2.23. The zero-order chi connectivity index (χ0) is 17.6. The molecule has 2 aliphatic heterocycles. The van der Waals surface area contributed by atoms with Gasteiger partial charge in [0.2, 0.25) is 5.91 Å². The van der Waals surface area contributed by atoms with Crippen LogP contribution in [0.1, 0.15) is 49.5 Å². The highest BCUT2D eigenvalue weighted by atomic mass is 32.1. The van der Waals surface area contributed by atoms with Gasteiger partial charge in [-0.2, -0.15) is 0 Å². The minimum Gasteiger partial charge on any atom is -0.338 e. The molecule has 0 aromatic carbocycles. The Morgan fingerprint density at radius 2 is 2.20 bits per heavy atom. The van der Waals surface area contributed by atoms with Crippen molar-refractivity contribution in [2.45, 2.75) is 57.0 Å². The Balaban J connectivity index is 1.56. The van der Waals surface area contributed by atoms with Gasteiger partial charge in [0.1, 0.15) is 12.1 Å². The summed E-state index contributed by atoms with van der Waals surface area (Å²) < 4.78 is 0. The Bertz CT molecular complexity index is 731. The molecular weight excluding hydrogens is 338 g/mol. The van der Waals surface area contributed by atoms with Crippen LogP contribution in [0.25, 0.3) is 0 Å². The molecule has 4 rings (SSSR count). The van der Waals surface area contributed by atoms with Crippen LogP contribution in [-0.4, -0.2) is 46.8 Å². The molecule has 6 nitrogen and oxygen atoms in total. The number of hydrogen-bond acceptors (Lipinski definition) is 4. The third-order valence-corrected chi connectivity index (χ3v) is 6.73. The van der Waals surface area contributed by atoms with Crippen molar-refractivity contribution in [2.24, 2.45) is 0 Å². The first-order chi connectivity index (χ1) is 12.0. The SMILES string of the molecule is CC1CCCCN1C(=O)CN1C(=O)NC2(CCCc3sccc32)C1=O. The fourth-order valence-electron chi connectivity index (χ4n) is 4.38. The molecule has 7 heteroatoms. The first-order valence-corrected chi connectivity index (χ1v) is 9.91. The molecule has 3 aliphatic rings. The van der Waals surface area contributed by atoms with Crippen LogP contribution < -0.4 is 5.32 Å². The molecule has 0 bridgehead atoms. The van der Waals surface area contributed by atoms with Gasteiger partial charge < -0.3 is 10.2 Å². The summed E-state index contributed by atoms with van der Waals surface area (Å²) in [5.74, 6) is -0.399. The van der Waals surface area contributed by atoms with Gasteiger partial charge in [-0.05, 0) is 56.9 Å². The number of aryl methyl sites for hydroxylation is 1. The Kier molecular flexibility index (Phi) is 4.06. The normalized spacial score (nSPS) is 29.1. The van der Waals surface area contributed by atoms with E-state index in [0.717, 1.165) is 47.4 Å². The van der Waals surface area contributed by atoms with Gasteiger partial charge in [-0.25, -0.2) is 4.79 Å². The standard InChI is InChI=1S/C18H23N3O3S/c1-12-5-2-3-9-20(12)15(22)11-21-16(23)18(19-17(21)24)8-4-6-14-13(18)7-10-25-14/h7,10,12H,2-6,8-9,11H2,1H3,(H,19,24). The number of rotatable bonds is 2. The van der Waals surface area contributed by atoms with E-state index in [-0.39, 0.29) is 24.4 Å². The highest BCUT2D eigenvalue weighted by molar-refractivity contribution is 7.10. The molecule has 0 saturated carbocycles. The van der Waals surface area contributed by atoms with Crippen molar-refractivity contribution in [2.75, 3.05) is 13.1 Å². The van der Waals surface area contributed by atoms with Gasteiger partial charge in [-0.3, -0.25) is 14.5 Å². The van der Waals surface area contributed by atoms with Crippen molar-refractivity contribution in [3.8, 4) is 0 Å². The molecule has 0 radical (unpaired) electrons. The maximum Gasteiger partial charge on any atom is 0.325 e. The van der Waals surface area contributed by atoms with Crippen LogP contribution in [-0.2, 0) is 21.5 Å². The van der Waals surface area contributed by atoms with Gasteiger partial charge in [0.05, 0.1) is 0 Å². The average molecular weight is 361 g/mol. The topological polar surface area (TPSA) is 69.7 Å². The number of likely N-dealkylation sites (tertiary alicyclic amines) is 1. The molecule has 1 aromatic heterocycles. The number of imide groups is 1. The molecule has 1 aromatic rings. The van der Waals surface area contributed by atoms with Crippen LogP contribution in [0, 0.1) is 0 Å². The van der Waals surface area contributed by atoms with E-state index in [9.17, 15) is 14.4 Å². The summed E-state index contributed by atoms with van der Waals surface area (Å²) in [6, 6.07) is 1.67. The molecule has 2 fully saturated rings. The Morgan fingerprint density at radius 3 is 3.00 bits per heavy atom. The van der Waals surface area contributed by atoms with E-state index in [1.807, 2.05) is 23.3 Å². The lowest BCUT2D eigenvalue weighted by Crippen LogP contribution is -2.49. The second-order valence-electron chi connectivity index (χ2n) is 7.27. The molecular formula is C18H23N3O3S. The summed E-state index contributed by atoms with van der Waals surface area (Å²) in [7, 11) is 0. The van der Waals surface area contributed by atoms with Crippen molar-refractivity contribution in [3.05, 3.63) is 21.9 Å². The Morgan fingerprint density at radius 1 is 1.36 bits per heavy atom. The highest BCUT2D eigenvalue weighted by Gasteiger charge is 2.54. The quantitative estimate of drug-likeness (QED) is 0.821. The third-order valence-electron chi connectivity index (χ3n) is 5.75. The van der Waals surface area contributed by atoms with Crippen LogP contribution in [0.3, 0.4) is 0 Å². The zero-order valence-corrected chi connectivity index (χ0v) is 15.2. The summed E-state index contributed by atoms with van der Waals surface area (Å²) in [6.45, 7) is 2.59.